The maximum Gasteiger partial charge on any atom is 0.249 e. The van der Waals surface area contributed by atoms with E-state index >= 15 is 0 Å². The minimum absolute atomic E-state index is 0.216. The third kappa shape index (κ3) is 5.71. The number of carbonyl (C=O) groups excluding carboxylic acids is 2. The summed E-state index contributed by atoms with van der Waals surface area (Å²) in [6.45, 7) is 2.77. The molecule has 10 nitrogen and oxygen atoms in total. The monoisotopic (exact) mass is 400 g/mol. The molecule has 10 heteroatoms. The van der Waals surface area contributed by atoms with Crippen LogP contribution in [-0.4, -0.2) is 55.9 Å². The second kappa shape index (κ2) is 10.5. The molecular formula is C19H24N6O4. The number of nitrogens with zero attached hydrogens (tertiary/aromatic N) is 4. The third-order valence-corrected chi connectivity index (χ3v) is 4.61. The van der Waals surface area contributed by atoms with E-state index in [1.807, 2.05) is 35.2 Å². The topological polar surface area (TPSA) is 130 Å². The van der Waals surface area contributed by atoms with Gasteiger partial charge in [0.1, 0.15) is 6.04 Å². The van der Waals surface area contributed by atoms with Crippen LogP contribution in [0, 0.1) is 0 Å². The molecule has 154 valence electrons. The number of fused-ring (bicyclic) bond motifs is 1. The second-order valence-corrected chi connectivity index (χ2v) is 6.59. The molecule has 1 aliphatic heterocycles. The van der Waals surface area contributed by atoms with Gasteiger partial charge in [-0.3, -0.25) is 14.9 Å². The fourth-order valence-electron chi connectivity index (χ4n) is 3.22. The molecule has 0 spiro atoms. The molecule has 1 aliphatic rings. The Balaban J connectivity index is 1.48. The van der Waals surface area contributed by atoms with E-state index in [1.165, 1.54) is 0 Å². The van der Waals surface area contributed by atoms with Gasteiger partial charge in [0.05, 0.1) is 26.4 Å². The summed E-state index contributed by atoms with van der Waals surface area (Å²) >= 11 is 0. The Morgan fingerprint density at radius 2 is 2.03 bits per heavy atom. The lowest BCUT2D eigenvalue weighted by Crippen LogP contribution is -2.41. The molecule has 0 bridgehead atoms. The highest BCUT2D eigenvalue weighted by molar-refractivity contribution is 6.00. The van der Waals surface area contributed by atoms with Gasteiger partial charge in [-0.25, -0.2) is 0 Å². The molecular weight excluding hydrogens is 376 g/mol. The molecule has 2 N–H and O–H groups in total. The lowest BCUT2D eigenvalue weighted by Gasteiger charge is -2.22. The zero-order valence-corrected chi connectivity index (χ0v) is 16.0. The number of hydrogen-bond acceptors (Lipinski definition) is 6. The molecule has 1 aromatic carbocycles. The number of piperidine rings is 1. The van der Waals surface area contributed by atoms with Gasteiger partial charge in [-0.1, -0.05) is 17.2 Å². The average molecular weight is 400 g/mol. The molecule has 1 atom stereocenters. The van der Waals surface area contributed by atoms with Gasteiger partial charge in [-0.15, -0.1) is 0 Å². The summed E-state index contributed by atoms with van der Waals surface area (Å²) in [6.07, 6.45) is 4.73. The first-order chi connectivity index (χ1) is 14.2. The first kappa shape index (κ1) is 20.7. The fraction of sp³-hybridized carbons (Fsp3) is 0.474. The Kier molecular flexibility index (Phi) is 7.46. The van der Waals surface area contributed by atoms with E-state index in [0.29, 0.717) is 52.4 Å². The highest BCUT2D eigenvalue weighted by Crippen LogP contribution is 2.28. The molecule has 2 amide bonds. The maximum atomic E-state index is 12.1. The summed E-state index contributed by atoms with van der Waals surface area (Å²) in [4.78, 5) is 26.1. The number of azide groups is 1. The van der Waals surface area contributed by atoms with Crippen molar-refractivity contribution in [2.24, 2.45) is 5.11 Å². The number of anilines is 1. The third-order valence-electron chi connectivity index (χ3n) is 4.61. The van der Waals surface area contributed by atoms with E-state index in [1.54, 1.807) is 0 Å². The predicted octanol–water partition coefficient (Wildman–Crippen LogP) is 2.37. The highest BCUT2D eigenvalue weighted by Gasteiger charge is 2.27. The van der Waals surface area contributed by atoms with Gasteiger partial charge < -0.3 is 19.4 Å². The number of ether oxygens (including phenoxy) is 2. The fourth-order valence-corrected chi connectivity index (χ4v) is 3.22. The van der Waals surface area contributed by atoms with Crippen LogP contribution in [0.2, 0.25) is 0 Å². The number of amides is 2. The summed E-state index contributed by atoms with van der Waals surface area (Å²) < 4.78 is 12.7. The molecule has 3 rings (SSSR count). The first-order valence-corrected chi connectivity index (χ1v) is 9.53. The number of hydrogen-bond donors (Lipinski definition) is 2. The molecule has 1 saturated heterocycles. The zero-order chi connectivity index (χ0) is 20.5. The van der Waals surface area contributed by atoms with Crippen molar-refractivity contribution in [2.75, 3.05) is 44.8 Å². The molecule has 1 fully saturated rings. The van der Waals surface area contributed by atoms with E-state index in [0.717, 1.165) is 16.5 Å². The minimum Gasteiger partial charge on any atom is -0.382 e. The standard InChI is InChI=1S/C19H24N6O4/c20-24-22-7-9-29-11-10-28-8-6-21-16-3-1-2-14-12-25(13-15(14)16)17-4-5-18(26)23-19(17)27/h1-3,12-13,17,21H,4-11H2,(H,23,26,27). The van der Waals surface area contributed by atoms with E-state index < -0.39 is 0 Å². The van der Waals surface area contributed by atoms with Crippen molar-refractivity contribution in [1.29, 1.82) is 0 Å². The molecule has 29 heavy (non-hydrogen) atoms. The number of aromatic nitrogens is 1. The van der Waals surface area contributed by atoms with Crippen LogP contribution in [0.25, 0.3) is 21.2 Å². The summed E-state index contributed by atoms with van der Waals surface area (Å²) in [5.41, 5.74) is 9.12. The van der Waals surface area contributed by atoms with E-state index in [2.05, 4.69) is 20.7 Å². The molecule has 0 saturated carbocycles. The van der Waals surface area contributed by atoms with Gasteiger partial charge in [0.15, 0.2) is 0 Å². The van der Waals surface area contributed by atoms with Crippen molar-refractivity contribution in [2.45, 2.75) is 18.9 Å². The Hall–Kier alpha value is -3.07. The largest absolute Gasteiger partial charge is 0.382 e. The van der Waals surface area contributed by atoms with Gasteiger partial charge in [-0.2, -0.15) is 0 Å². The Morgan fingerprint density at radius 3 is 2.83 bits per heavy atom. The zero-order valence-electron chi connectivity index (χ0n) is 16.0. The van der Waals surface area contributed by atoms with Gasteiger partial charge >= 0.3 is 0 Å². The van der Waals surface area contributed by atoms with Crippen LogP contribution in [0.5, 0.6) is 0 Å². The lowest BCUT2D eigenvalue weighted by molar-refractivity contribution is -0.135. The maximum absolute atomic E-state index is 12.1. The summed E-state index contributed by atoms with van der Waals surface area (Å²) in [5, 5.41) is 11.2. The van der Waals surface area contributed by atoms with Gasteiger partial charge in [0.25, 0.3) is 0 Å². The second-order valence-electron chi connectivity index (χ2n) is 6.59. The minimum atomic E-state index is -0.366. The predicted molar refractivity (Wildman–Crippen MR) is 107 cm³/mol. The average Bonchev–Trinajstić information content (AvgIpc) is 3.14. The quantitative estimate of drug-likeness (QED) is 0.197. The lowest BCUT2D eigenvalue weighted by atomic mass is 10.1. The van der Waals surface area contributed by atoms with Gasteiger partial charge in [0, 0.05) is 53.3 Å². The van der Waals surface area contributed by atoms with Crippen molar-refractivity contribution in [3.63, 3.8) is 0 Å². The summed E-state index contributed by atoms with van der Waals surface area (Å²) in [7, 11) is 0. The molecule has 0 aliphatic carbocycles. The van der Waals surface area contributed by atoms with Gasteiger partial charge in [0.2, 0.25) is 11.8 Å². The molecule has 2 heterocycles. The molecule has 0 radical (unpaired) electrons. The van der Waals surface area contributed by atoms with Crippen LogP contribution in [-0.2, 0) is 19.1 Å². The van der Waals surface area contributed by atoms with E-state index in [-0.39, 0.29) is 17.9 Å². The van der Waals surface area contributed by atoms with Crippen molar-refractivity contribution >= 4 is 28.3 Å². The van der Waals surface area contributed by atoms with Crippen molar-refractivity contribution < 1.29 is 19.1 Å². The van der Waals surface area contributed by atoms with Crippen LogP contribution in [0.3, 0.4) is 0 Å². The molecule has 1 aromatic heterocycles. The van der Waals surface area contributed by atoms with E-state index in [4.69, 9.17) is 15.0 Å². The SMILES string of the molecule is [N-]=[N+]=NCCOCCOCCNc1cccc2cn(C3CCC(=O)NC3=O)cc12. The Morgan fingerprint density at radius 1 is 1.21 bits per heavy atom. The Bertz CT molecular complexity index is 905. The molecule has 1 unspecified atom stereocenters. The first-order valence-electron chi connectivity index (χ1n) is 9.53. The van der Waals surface area contributed by atoms with Crippen molar-refractivity contribution in [3.8, 4) is 0 Å². The van der Waals surface area contributed by atoms with Crippen LogP contribution in [0.4, 0.5) is 5.69 Å². The summed E-state index contributed by atoms with van der Waals surface area (Å²) in [6, 6.07) is 5.57. The highest BCUT2D eigenvalue weighted by atomic mass is 16.5. The number of imide groups is 1. The van der Waals surface area contributed by atoms with Crippen LogP contribution < -0.4 is 10.6 Å². The van der Waals surface area contributed by atoms with Crippen molar-refractivity contribution in [1.82, 2.24) is 9.88 Å². The van der Waals surface area contributed by atoms with Crippen LogP contribution >= 0.6 is 0 Å². The van der Waals surface area contributed by atoms with Crippen LogP contribution in [0.15, 0.2) is 35.7 Å². The number of carbonyl (C=O) groups is 2. The Labute approximate surface area is 167 Å². The number of nitrogens with one attached hydrogen (secondary N) is 2. The smallest absolute Gasteiger partial charge is 0.249 e. The van der Waals surface area contributed by atoms with Gasteiger partial charge in [-0.05, 0) is 18.0 Å². The number of benzene rings is 1. The van der Waals surface area contributed by atoms with Crippen molar-refractivity contribution in [3.05, 3.63) is 41.0 Å². The summed E-state index contributed by atoms with van der Waals surface area (Å²) in [5.74, 6) is -0.475. The molecule has 2 aromatic rings. The normalized spacial score (nSPS) is 16.5. The van der Waals surface area contributed by atoms with E-state index in [9.17, 15) is 9.59 Å². The van der Waals surface area contributed by atoms with Crippen LogP contribution in [0.1, 0.15) is 18.9 Å². The number of rotatable bonds is 11.